The Bertz CT molecular complexity index is 902. The normalized spacial score (nSPS) is 22.3. The van der Waals surface area contributed by atoms with Crippen molar-refractivity contribution in [3.05, 3.63) is 47.0 Å². The molecule has 1 aliphatic carbocycles. The predicted molar refractivity (Wildman–Crippen MR) is 96.2 cm³/mol. The van der Waals surface area contributed by atoms with Gasteiger partial charge in [0, 0.05) is 13.1 Å². The molecule has 1 saturated carbocycles. The number of hydrogen-bond donors (Lipinski definition) is 1. The van der Waals surface area contributed by atoms with Gasteiger partial charge in [0.25, 0.3) is 5.91 Å². The molecule has 142 valence electrons. The number of nitrogens with zero attached hydrogens (tertiary/aromatic N) is 3. The molecule has 1 aromatic heterocycles. The molecule has 0 bridgehead atoms. The van der Waals surface area contributed by atoms with Gasteiger partial charge in [-0.1, -0.05) is 0 Å². The largest absolute Gasteiger partial charge is 0.481 e. The van der Waals surface area contributed by atoms with Crippen LogP contribution in [-0.2, 0) is 4.79 Å². The highest BCUT2D eigenvalue weighted by Gasteiger charge is 2.47. The molecule has 27 heavy (non-hydrogen) atoms. The van der Waals surface area contributed by atoms with E-state index in [4.69, 9.17) is 0 Å². The maximum Gasteiger partial charge on any atom is 0.308 e. The fourth-order valence-electron chi connectivity index (χ4n) is 4.20. The molecule has 1 saturated heterocycles. The van der Waals surface area contributed by atoms with Crippen molar-refractivity contribution < 1.29 is 19.1 Å². The zero-order valence-electron chi connectivity index (χ0n) is 15.4. The Morgan fingerprint density at radius 1 is 1.15 bits per heavy atom. The molecule has 4 rings (SSSR count). The highest BCUT2D eigenvalue weighted by Crippen LogP contribution is 2.44. The number of halogens is 1. The maximum atomic E-state index is 13.2. The molecule has 1 N–H and O–H groups in total. The van der Waals surface area contributed by atoms with Gasteiger partial charge in [-0.25, -0.2) is 9.07 Å². The summed E-state index contributed by atoms with van der Waals surface area (Å²) in [4.78, 5) is 26.4. The van der Waals surface area contributed by atoms with Crippen molar-refractivity contribution in [3.8, 4) is 5.69 Å². The van der Waals surface area contributed by atoms with E-state index in [0.717, 1.165) is 12.8 Å². The van der Waals surface area contributed by atoms with Crippen molar-refractivity contribution >= 4 is 11.9 Å². The van der Waals surface area contributed by atoms with E-state index in [9.17, 15) is 19.1 Å². The third-order valence-electron chi connectivity index (χ3n) is 5.77. The first-order valence-electron chi connectivity index (χ1n) is 9.21. The number of aryl methyl sites for hydroxylation is 1. The van der Waals surface area contributed by atoms with Crippen LogP contribution in [0.3, 0.4) is 0 Å². The lowest BCUT2D eigenvalue weighted by Crippen LogP contribution is -2.30. The molecule has 0 radical (unpaired) electrons. The Balaban J connectivity index is 1.62. The van der Waals surface area contributed by atoms with Crippen LogP contribution in [0, 0.1) is 37.4 Å². The van der Waals surface area contributed by atoms with E-state index in [1.807, 2.05) is 0 Å². The molecule has 2 atom stereocenters. The third kappa shape index (κ3) is 3.11. The first-order chi connectivity index (χ1) is 12.9. The zero-order valence-corrected chi connectivity index (χ0v) is 15.4. The number of rotatable bonds is 4. The van der Waals surface area contributed by atoms with Gasteiger partial charge in [-0.15, -0.1) is 0 Å². The topological polar surface area (TPSA) is 75.4 Å². The summed E-state index contributed by atoms with van der Waals surface area (Å²) < 4.78 is 14.8. The average molecular weight is 371 g/mol. The van der Waals surface area contributed by atoms with Gasteiger partial charge in [-0.3, -0.25) is 9.59 Å². The summed E-state index contributed by atoms with van der Waals surface area (Å²) in [5.74, 6) is -1.36. The van der Waals surface area contributed by atoms with Crippen LogP contribution in [-0.4, -0.2) is 44.8 Å². The van der Waals surface area contributed by atoms with Gasteiger partial charge < -0.3 is 10.0 Å². The first-order valence-corrected chi connectivity index (χ1v) is 9.21. The number of carbonyl (C=O) groups is 2. The molecule has 2 heterocycles. The van der Waals surface area contributed by atoms with Crippen molar-refractivity contribution in [1.82, 2.24) is 14.7 Å². The lowest BCUT2D eigenvalue weighted by Gasteiger charge is -2.16. The standard InChI is InChI=1S/C20H22FN3O3/c1-11-18(12(2)24(22-11)15-7-5-14(21)6-8-15)19(25)23-9-16(13-3-4-13)17(10-23)20(26)27/h5-8,13,16-17H,3-4,9-10H2,1-2H3,(H,26,27)/t16-,17+/m1/s1. The Morgan fingerprint density at radius 2 is 1.81 bits per heavy atom. The summed E-state index contributed by atoms with van der Waals surface area (Å²) in [5, 5.41) is 14.0. The minimum atomic E-state index is -0.822. The van der Waals surface area contributed by atoms with Gasteiger partial charge in [-0.05, 0) is 62.8 Å². The zero-order chi connectivity index (χ0) is 19.3. The highest BCUT2D eigenvalue weighted by molar-refractivity contribution is 5.97. The fraction of sp³-hybridized carbons (Fsp3) is 0.450. The van der Waals surface area contributed by atoms with Crippen LogP contribution < -0.4 is 0 Å². The molecule has 0 spiro atoms. The van der Waals surface area contributed by atoms with E-state index < -0.39 is 11.9 Å². The molecule has 1 aliphatic heterocycles. The van der Waals surface area contributed by atoms with E-state index in [1.165, 1.54) is 12.1 Å². The number of aromatic nitrogens is 2. The molecule has 1 aromatic carbocycles. The number of carboxylic acid groups (broad SMARTS) is 1. The fourth-order valence-corrected chi connectivity index (χ4v) is 4.20. The number of benzene rings is 1. The van der Waals surface area contributed by atoms with E-state index in [0.29, 0.717) is 35.1 Å². The molecular weight excluding hydrogens is 349 g/mol. The Hall–Kier alpha value is -2.70. The van der Waals surface area contributed by atoms with Crippen LogP contribution >= 0.6 is 0 Å². The Labute approximate surface area is 156 Å². The number of aliphatic carboxylic acids is 1. The van der Waals surface area contributed by atoms with Crippen LogP contribution in [0.4, 0.5) is 4.39 Å². The Morgan fingerprint density at radius 3 is 2.41 bits per heavy atom. The second kappa shape index (κ2) is 6.48. The highest BCUT2D eigenvalue weighted by atomic mass is 19.1. The lowest BCUT2D eigenvalue weighted by atomic mass is 9.92. The first kappa shape index (κ1) is 17.7. The number of hydrogen-bond acceptors (Lipinski definition) is 3. The summed E-state index contributed by atoms with van der Waals surface area (Å²) in [5.41, 5.74) is 2.44. The van der Waals surface area contributed by atoms with E-state index >= 15 is 0 Å². The van der Waals surface area contributed by atoms with Crippen molar-refractivity contribution in [3.63, 3.8) is 0 Å². The van der Waals surface area contributed by atoms with Crippen LogP contribution in [0.5, 0.6) is 0 Å². The van der Waals surface area contributed by atoms with E-state index in [1.54, 1.807) is 35.6 Å². The van der Waals surface area contributed by atoms with Crippen molar-refractivity contribution in [2.75, 3.05) is 13.1 Å². The second-order valence-corrected chi connectivity index (χ2v) is 7.59. The minimum Gasteiger partial charge on any atom is -0.481 e. The van der Waals surface area contributed by atoms with Gasteiger partial charge >= 0.3 is 5.97 Å². The van der Waals surface area contributed by atoms with Crippen LogP contribution in [0.2, 0.25) is 0 Å². The van der Waals surface area contributed by atoms with Crippen LogP contribution in [0.15, 0.2) is 24.3 Å². The van der Waals surface area contributed by atoms with Gasteiger partial charge in [0.1, 0.15) is 5.82 Å². The second-order valence-electron chi connectivity index (χ2n) is 7.59. The molecule has 1 amide bonds. The van der Waals surface area contributed by atoms with Gasteiger partial charge in [0.2, 0.25) is 0 Å². The molecule has 2 fully saturated rings. The summed E-state index contributed by atoms with van der Waals surface area (Å²) >= 11 is 0. The van der Waals surface area contributed by atoms with E-state index in [2.05, 4.69) is 5.10 Å². The van der Waals surface area contributed by atoms with Crippen molar-refractivity contribution in [2.24, 2.45) is 17.8 Å². The predicted octanol–water partition coefficient (Wildman–Crippen LogP) is 2.81. The summed E-state index contributed by atoms with van der Waals surface area (Å²) in [6, 6.07) is 5.93. The average Bonchev–Trinajstić information content (AvgIpc) is 3.30. The third-order valence-corrected chi connectivity index (χ3v) is 5.77. The summed E-state index contributed by atoms with van der Waals surface area (Å²) in [6.07, 6.45) is 2.11. The number of carboxylic acids is 1. The molecule has 6 nitrogen and oxygen atoms in total. The number of carbonyl (C=O) groups excluding carboxylic acids is 1. The summed E-state index contributed by atoms with van der Waals surface area (Å²) in [7, 11) is 0. The number of likely N-dealkylation sites (tertiary alicyclic amines) is 1. The van der Waals surface area contributed by atoms with Gasteiger partial charge in [0.05, 0.1) is 28.6 Å². The smallest absolute Gasteiger partial charge is 0.308 e. The SMILES string of the molecule is Cc1nn(-c2ccc(F)cc2)c(C)c1C(=O)N1C[C@H](C(=O)O)[C@@H](C2CC2)C1. The quantitative estimate of drug-likeness (QED) is 0.897. The summed E-state index contributed by atoms with van der Waals surface area (Å²) in [6.45, 7) is 4.31. The minimum absolute atomic E-state index is 0.0409. The molecule has 0 unspecified atom stereocenters. The van der Waals surface area contributed by atoms with E-state index in [-0.39, 0.29) is 24.2 Å². The van der Waals surface area contributed by atoms with Crippen molar-refractivity contribution in [1.29, 1.82) is 0 Å². The molecular formula is C20H22FN3O3. The number of amides is 1. The van der Waals surface area contributed by atoms with Gasteiger partial charge in [-0.2, -0.15) is 5.10 Å². The maximum absolute atomic E-state index is 13.2. The lowest BCUT2D eigenvalue weighted by molar-refractivity contribution is -0.142. The molecule has 2 aliphatic rings. The van der Waals surface area contributed by atoms with Gasteiger partial charge in [0.15, 0.2) is 0 Å². The monoisotopic (exact) mass is 371 g/mol. The van der Waals surface area contributed by atoms with Crippen LogP contribution in [0.25, 0.3) is 5.69 Å². The molecule has 2 aromatic rings. The Kier molecular flexibility index (Phi) is 4.25. The van der Waals surface area contributed by atoms with Crippen molar-refractivity contribution in [2.45, 2.75) is 26.7 Å². The van der Waals surface area contributed by atoms with Crippen LogP contribution in [0.1, 0.15) is 34.6 Å². The molecule has 7 heteroatoms.